The lowest BCUT2D eigenvalue weighted by Crippen LogP contribution is -1.90. The number of hydrogen-bond acceptors (Lipinski definition) is 5. The molecule has 84 valence electrons. The Morgan fingerprint density at radius 1 is 1.38 bits per heavy atom. The molecule has 0 aliphatic rings. The highest BCUT2D eigenvalue weighted by molar-refractivity contribution is 7.98. The third-order valence-electron chi connectivity index (χ3n) is 1.97. The van der Waals surface area contributed by atoms with Gasteiger partial charge in [-0.15, -0.1) is 16.9 Å². The highest BCUT2D eigenvalue weighted by Gasteiger charge is 2.06. The fourth-order valence-corrected chi connectivity index (χ4v) is 2.63. The van der Waals surface area contributed by atoms with Crippen molar-refractivity contribution in [1.82, 2.24) is 9.59 Å². The molecular formula is C10H10FN3S2. The third-order valence-corrected chi connectivity index (χ3v) is 3.78. The van der Waals surface area contributed by atoms with E-state index in [2.05, 4.69) is 14.9 Å². The van der Waals surface area contributed by atoms with Crippen LogP contribution in [0, 0.1) is 5.82 Å². The Kier molecular flexibility index (Phi) is 3.74. The van der Waals surface area contributed by atoms with Gasteiger partial charge in [0.15, 0.2) is 0 Å². The second kappa shape index (κ2) is 5.27. The summed E-state index contributed by atoms with van der Waals surface area (Å²) in [7, 11) is 1.85. The van der Waals surface area contributed by atoms with Gasteiger partial charge in [-0.1, -0.05) is 4.49 Å². The largest absolute Gasteiger partial charge is 0.377 e. The molecule has 0 aliphatic carbocycles. The molecule has 1 aromatic heterocycles. The number of thioether (sulfide) groups is 1. The van der Waals surface area contributed by atoms with E-state index >= 15 is 0 Å². The van der Waals surface area contributed by atoms with Crippen LogP contribution in [0.1, 0.15) is 5.69 Å². The van der Waals surface area contributed by atoms with Crippen molar-refractivity contribution in [2.75, 3.05) is 12.4 Å². The fraction of sp³-hybridized carbons (Fsp3) is 0.200. The maximum atomic E-state index is 12.7. The Bertz CT molecular complexity index is 455. The van der Waals surface area contributed by atoms with E-state index in [-0.39, 0.29) is 5.82 Å². The molecule has 2 aromatic rings. The number of nitrogens with one attached hydrogen (secondary N) is 1. The van der Waals surface area contributed by atoms with Crippen LogP contribution in [0.5, 0.6) is 0 Å². The minimum atomic E-state index is -0.212. The lowest BCUT2D eigenvalue weighted by atomic mass is 10.4. The van der Waals surface area contributed by atoms with Crippen LogP contribution in [0.4, 0.5) is 9.39 Å². The standard InChI is InChI=1S/C10H10FN3S2/c1-12-10-9(13-14-16-10)6-15-8-4-2-7(11)3-5-8/h2-5,12H,6H2,1H3. The highest BCUT2D eigenvalue weighted by Crippen LogP contribution is 2.26. The molecule has 2 rings (SSSR count). The van der Waals surface area contributed by atoms with Crippen molar-refractivity contribution in [3.63, 3.8) is 0 Å². The molecule has 6 heteroatoms. The molecule has 0 atom stereocenters. The summed E-state index contributed by atoms with van der Waals surface area (Å²) in [5.74, 6) is 0.522. The first-order valence-electron chi connectivity index (χ1n) is 4.67. The molecule has 16 heavy (non-hydrogen) atoms. The quantitative estimate of drug-likeness (QED) is 0.852. The van der Waals surface area contributed by atoms with Gasteiger partial charge in [-0.25, -0.2) is 4.39 Å². The van der Waals surface area contributed by atoms with Crippen LogP contribution >= 0.6 is 23.3 Å². The van der Waals surface area contributed by atoms with Gasteiger partial charge in [0.25, 0.3) is 0 Å². The molecule has 3 nitrogen and oxygen atoms in total. The van der Waals surface area contributed by atoms with Gasteiger partial charge in [0.2, 0.25) is 0 Å². The lowest BCUT2D eigenvalue weighted by Gasteiger charge is -2.00. The molecule has 0 bridgehead atoms. The fourth-order valence-electron chi connectivity index (χ4n) is 1.18. The van der Waals surface area contributed by atoms with Crippen LogP contribution in [0.25, 0.3) is 0 Å². The van der Waals surface area contributed by atoms with Crippen LogP contribution in [-0.4, -0.2) is 16.6 Å². The molecule has 0 unspecified atom stereocenters. The highest BCUT2D eigenvalue weighted by atomic mass is 32.2. The second-order valence-corrected chi connectivity index (χ2v) is 4.84. The molecule has 1 N–H and O–H groups in total. The van der Waals surface area contributed by atoms with Gasteiger partial charge in [-0.2, -0.15) is 0 Å². The Morgan fingerprint density at radius 2 is 2.12 bits per heavy atom. The summed E-state index contributed by atoms with van der Waals surface area (Å²) in [6.07, 6.45) is 0. The van der Waals surface area contributed by atoms with E-state index < -0.39 is 0 Å². The summed E-state index contributed by atoms with van der Waals surface area (Å²) < 4.78 is 16.6. The van der Waals surface area contributed by atoms with Gasteiger partial charge >= 0.3 is 0 Å². The topological polar surface area (TPSA) is 37.8 Å². The van der Waals surface area contributed by atoms with Crippen molar-refractivity contribution in [2.45, 2.75) is 10.6 Å². The molecule has 0 spiro atoms. The molecular weight excluding hydrogens is 245 g/mol. The number of halogens is 1. The first kappa shape index (κ1) is 11.3. The van der Waals surface area contributed by atoms with Crippen molar-refractivity contribution < 1.29 is 4.39 Å². The predicted molar refractivity (Wildman–Crippen MR) is 65.4 cm³/mol. The number of hydrogen-bond donors (Lipinski definition) is 1. The van der Waals surface area contributed by atoms with Crippen molar-refractivity contribution in [3.05, 3.63) is 35.8 Å². The zero-order valence-corrected chi connectivity index (χ0v) is 10.2. The molecule has 0 saturated heterocycles. The average Bonchev–Trinajstić information content (AvgIpc) is 2.76. The van der Waals surface area contributed by atoms with Gasteiger partial charge in [0, 0.05) is 29.2 Å². The van der Waals surface area contributed by atoms with E-state index in [9.17, 15) is 4.39 Å². The van der Waals surface area contributed by atoms with Gasteiger partial charge in [-0.3, -0.25) is 0 Å². The van der Waals surface area contributed by atoms with E-state index in [1.54, 1.807) is 23.9 Å². The first-order chi connectivity index (χ1) is 7.79. The lowest BCUT2D eigenvalue weighted by molar-refractivity contribution is 0.626. The number of rotatable bonds is 4. The summed E-state index contributed by atoms with van der Waals surface area (Å²) in [5.41, 5.74) is 0.932. The second-order valence-electron chi connectivity index (χ2n) is 3.04. The molecule has 1 heterocycles. The van der Waals surface area contributed by atoms with E-state index in [0.717, 1.165) is 21.3 Å². The summed E-state index contributed by atoms with van der Waals surface area (Å²) in [5, 5.41) is 8.05. The number of anilines is 1. The molecule has 0 amide bonds. The molecule has 1 aromatic carbocycles. The summed E-state index contributed by atoms with van der Waals surface area (Å²) >= 11 is 2.96. The van der Waals surface area contributed by atoms with Crippen LogP contribution in [0.2, 0.25) is 0 Å². The van der Waals surface area contributed by atoms with E-state index in [1.165, 1.54) is 23.7 Å². The Hall–Kier alpha value is -1.14. The van der Waals surface area contributed by atoms with Crippen LogP contribution in [-0.2, 0) is 5.75 Å². The maximum absolute atomic E-state index is 12.7. The van der Waals surface area contributed by atoms with E-state index in [0.29, 0.717) is 0 Å². The number of aromatic nitrogens is 2. The Labute approximate surface area is 101 Å². The van der Waals surface area contributed by atoms with Gasteiger partial charge < -0.3 is 5.32 Å². The maximum Gasteiger partial charge on any atom is 0.133 e. The minimum Gasteiger partial charge on any atom is -0.377 e. The van der Waals surface area contributed by atoms with Gasteiger partial charge in [0.05, 0.1) is 0 Å². The molecule has 0 aliphatic heterocycles. The van der Waals surface area contributed by atoms with E-state index in [1.807, 2.05) is 7.05 Å². The van der Waals surface area contributed by atoms with Crippen molar-refractivity contribution in [3.8, 4) is 0 Å². The number of nitrogens with zero attached hydrogens (tertiary/aromatic N) is 2. The smallest absolute Gasteiger partial charge is 0.133 e. The third kappa shape index (κ3) is 2.70. The van der Waals surface area contributed by atoms with Crippen molar-refractivity contribution in [2.24, 2.45) is 0 Å². The van der Waals surface area contributed by atoms with Crippen LogP contribution in [0.15, 0.2) is 29.2 Å². The monoisotopic (exact) mass is 255 g/mol. The molecule has 0 fully saturated rings. The summed E-state index contributed by atoms with van der Waals surface area (Å²) in [4.78, 5) is 1.02. The van der Waals surface area contributed by atoms with Gasteiger partial charge in [0.1, 0.15) is 16.5 Å². The normalized spacial score (nSPS) is 10.4. The van der Waals surface area contributed by atoms with Crippen LogP contribution < -0.4 is 5.32 Å². The minimum absolute atomic E-state index is 0.212. The zero-order valence-electron chi connectivity index (χ0n) is 8.61. The molecule has 0 saturated carbocycles. The zero-order chi connectivity index (χ0) is 11.4. The average molecular weight is 255 g/mol. The Balaban J connectivity index is 1.99. The molecule has 0 radical (unpaired) electrons. The van der Waals surface area contributed by atoms with Crippen molar-refractivity contribution in [1.29, 1.82) is 0 Å². The van der Waals surface area contributed by atoms with Crippen LogP contribution in [0.3, 0.4) is 0 Å². The van der Waals surface area contributed by atoms with E-state index in [4.69, 9.17) is 0 Å². The Morgan fingerprint density at radius 3 is 2.81 bits per heavy atom. The first-order valence-corrected chi connectivity index (χ1v) is 6.43. The summed E-state index contributed by atoms with van der Waals surface area (Å²) in [6.45, 7) is 0. The SMILES string of the molecule is CNc1snnc1CSc1ccc(F)cc1. The van der Waals surface area contributed by atoms with Crippen molar-refractivity contribution >= 4 is 28.3 Å². The number of benzene rings is 1. The summed E-state index contributed by atoms with van der Waals surface area (Å²) in [6, 6.07) is 6.44. The predicted octanol–water partition coefficient (Wildman–Crippen LogP) is 3.01. The van der Waals surface area contributed by atoms with Gasteiger partial charge in [-0.05, 0) is 24.3 Å².